The summed E-state index contributed by atoms with van der Waals surface area (Å²) in [6.07, 6.45) is 7.39. The first-order valence-corrected chi connectivity index (χ1v) is 11.5. The molecule has 6 heteroatoms. The van der Waals surface area contributed by atoms with Gasteiger partial charge in [0, 0.05) is 51.2 Å². The number of amides is 1. The summed E-state index contributed by atoms with van der Waals surface area (Å²) < 4.78 is 2.23. The quantitative estimate of drug-likeness (QED) is 0.865. The Bertz CT molecular complexity index is 850. The molecule has 1 N–H and O–H groups in total. The minimum Gasteiger partial charge on any atom is -0.340 e. The summed E-state index contributed by atoms with van der Waals surface area (Å²) in [5.74, 6) is 1.89. The van der Waals surface area contributed by atoms with Crippen molar-refractivity contribution in [3.63, 3.8) is 0 Å². The number of likely N-dealkylation sites (tertiary alicyclic amines) is 1. The monoisotopic (exact) mass is 395 g/mol. The van der Waals surface area contributed by atoms with Crippen LogP contribution in [0.2, 0.25) is 0 Å². The highest BCUT2D eigenvalue weighted by Gasteiger charge is 2.32. The van der Waals surface area contributed by atoms with Crippen molar-refractivity contribution in [3.05, 3.63) is 30.1 Å². The van der Waals surface area contributed by atoms with Crippen molar-refractivity contribution in [2.45, 2.75) is 57.0 Å². The third-order valence-corrected chi connectivity index (χ3v) is 7.13. The third kappa shape index (κ3) is 3.92. The highest BCUT2D eigenvalue weighted by Crippen LogP contribution is 2.34. The van der Waals surface area contributed by atoms with Gasteiger partial charge in [0.1, 0.15) is 12.4 Å². The van der Waals surface area contributed by atoms with Crippen LogP contribution in [-0.2, 0) is 11.3 Å². The number of nitrogens with zero attached hydrogens (tertiary/aromatic N) is 4. The van der Waals surface area contributed by atoms with Gasteiger partial charge in [0.05, 0.1) is 11.0 Å². The number of carbonyl (C=O) groups excluding carboxylic acids is 1. The molecule has 1 unspecified atom stereocenters. The summed E-state index contributed by atoms with van der Waals surface area (Å²) in [5.41, 5.74) is 2.14. The number of rotatable bonds is 4. The first-order valence-electron chi connectivity index (χ1n) is 11.5. The maximum atomic E-state index is 13.3. The number of benzene rings is 1. The van der Waals surface area contributed by atoms with Gasteiger partial charge in [-0.1, -0.05) is 31.4 Å². The summed E-state index contributed by atoms with van der Waals surface area (Å²) in [5, 5.41) is 3.42. The topological polar surface area (TPSA) is 53.4 Å². The molecule has 0 bridgehead atoms. The highest BCUT2D eigenvalue weighted by molar-refractivity contribution is 5.81. The van der Waals surface area contributed by atoms with Crippen LogP contribution in [0.5, 0.6) is 0 Å². The maximum absolute atomic E-state index is 13.3. The molecular weight excluding hydrogens is 362 g/mol. The van der Waals surface area contributed by atoms with E-state index in [0.717, 1.165) is 62.5 Å². The average Bonchev–Trinajstić information content (AvgIpc) is 3.41. The minimum atomic E-state index is 0.253. The summed E-state index contributed by atoms with van der Waals surface area (Å²) in [6.45, 7) is 6.53. The second-order valence-electron chi connectivity index (χ2n) is 8.95. The first-order chi connectivity index (χ1) is 14.3. The summed E-state index contributed by atoms with van der Waals surface area (Å²) in [6, 6.07) is 8.84. The van der Waals surface area contributed by atoms with Crippen LogP contribution in [-0.4, -0.2) is 70.6 Å². The molecule has 3 fully saturated rings. The van der Waals surface area contributed by atoms with E-state index in [1.54, 1.807) is 0 Å². The predicted molar refractivity (Wildman–Crippen MR) is 115 cm³/mol. The van der Waals surface area contributed by atoms with Crippen LogP contribution in [0.25, 0.3) is 11.0 Å². The van der Waals surface area contributed by atoms with Gasteiger partial charge < -0.3 is 14.8 Å². The molecule has 6 nitrogen and oxygen atoms in total. The van der Waals surface area contributed by atoms with Crippen molar-refractivity contribution in [3.8, 4) is 0 Å². The van der Waals surface area contributed by atoms with E-state index in [-0.39, 0.29) is 5.91 Å². The number of piperazine rings is 1. The zero-order valence-corrected chi connectivity index (χ0v) is 17.4. The summed E-state index contributed by atoms with van der Waals surface area (Å²) in [4.78, 5) is 22.9. The fourth-order valence-corrected chi connectivity index (χ4v) is 5.48. The largest absolute Gasteiger partial charge is 0.340 e. The second kappa shape index (κ2) is 8.44. The van der Waals surface area contributed by atoms with Crippen LogP contribution in [0.4, 0.5) is 0 Å². The molecule has 3 heterocycles. The van der Waals surface area contributed by atoms with Gasteiger partial charge in [-0.15, -0.1) is 0 Å². The zero-order chi connectivity index (χ0) is 19.6. The van der Waals surface area contributed by atoms with Gasteiger partial charge >= 0.3 is 0 Å². The lowest BCUT2D eigenvalue weighted by atomic mass is 9.88. The van der Waals surface area contributed by atoms with Gasteiger partial charge in [-0.2, -0.15) is 0 Å². The van der Waals surface area contributed by atoms with E-state index in [1.165, 1.54) is 32.1 Å². The van der Waals surface area contributed by atoms with E-state index >= 15 is 0 Å². The van der Waals surface area contributed by atoms with E-state index in [9.17, 15) is 4.79 Å². The Kier molecular flexibility index (Phi) is 5.55. The number of imidazole rings is 1. The minimum absolute atomic E-state index is 0.253. The van der Waals surface area contributed by atoms with Gasteiger partial charge in [0.2, 0.25) is 5.91 Å². The number of hydrogen-bond donors (Lipinski definition) is 1. The Morgan fingerprint density at radius 2 is 1.83 bits per heavy atom. The molecule has 29 heavy (non-hydrogen) atoms. The molecule has 2 aromatic rings. The first kappa shape index (κ1) is 19.1. The van der Waals surface area contributed by atoms with Crippen LogP contribution in [0.3, 0.4) is 0 Å². The predicted octanol–water partition coefficient (Wildman–Crippen LogP) is 2.59. The SMILES string of the molecule is O=C(Cn1c(C2CCCCC2)nc2ccccc21)N1CCC(N2CCNCC2)C1. The molecule has 0 spiro atoms. The molecule has 3 aliphatic rings. The lowest BCUT2D eigenvalue weighted by molar-refractivity contribution is -0.131. The van der Waals surface area contributed by atoms with Crippen molar-refractivity contribution in [1.82, 2.24) is 24.7 Å². The molecule has 1 saturated carbocycles. The smallest absolute Gasteiger partial charge is 0.242 e. The lowest BCUT2D eigenvalue weighted by Gasteiger charge is -2.32. The van der Waals surface area contributed by atoms with Crippen LogP contribution < -0.4 is 5.32 Å². The van der Waals surface area contributed by atoms with Crippen molar-refractivity contribution in [2.24, 2.45) is 0 Å². The second-order valence-corrected chi connectivity index (χ2v) is 8.95. The van der Waals surface area contributed by atoms with Crippen LogP contribution in [0.15, 0.2) is 24.3 Å². The third-order valence-electron chi connectivity index (χ3n) is 7.13. The molecule has 156 valence electrons. The highest BCUT2D eigenvalue weighted by atomic mass is 16.2. The molecule has 1 amide bonds. The summed E-state index contributed by atoms with van der Waals surface area (Å²) >= 11 is 0. The molecule has 1 aromatic carbocycles. The van der Waals surface area contributed by atoms with Crippen LogP contribution >= 0.6 is 0 Å². The number of aromatic nitrogens is 2. The molecule has 1 aliphatic carbocycles. The maximum Gasteiger partial charge on any atom is 0.242 e. The normalized spacial score (nSPS) is 24.4. The lowest BCUT2D eigenvalue weighted by Crippen LogP contribution is -2.49. The van der Waals surface area contributed by atoms with Gasteiger partial charge in [-0.3, -0.25) is 9.69 Å². The van der Waals surface area contributed by atoms with Crippen molar-refractivity contribution >= 4 is 16.9 Å². The Labute approximate surface area is 173 Å². The van der Waals surface area contributed by atoms with E-state index in [4.69, 9.17) is 4.98 Å². The molecule has 2 saturated heterocycles. The Balaban J connectivity index is 1.33. The standard InChI is InChI=1S/C23H33N5O/c29-22(27-13-10-19(16-27)26-14-11-24-12-15-26)17-28-21-9-5-4-8-20(21)25-23(28)18-6-2-1-3-7-18/h4-5,8-9,18-19,24H,1-3,6-7,10-17H2. The Morgan fingerprint density at radius 1 is 1.03 bits per heavy atom. The average molecular weight is 396 g/mol. The number of nitrogens with one attached hydrogen (secondary N) is 1. The number of hydrogen-bond acceptors (Lipinski definition) is 4. The van der Waals surface area contributed by atoms with E-state index in [0.29, 0.717) is 18.5 Å². The number of fused-ring (bicyclic) bond motifs is 1. The van der Waals surface area contributed by atoms with Crippen molar-refractivity contribution in [2.75, 3.05) is 39.3 Å². The van der Waals surface area contributed by atoms with E-state index in [1.807, 2.05) is 6.07 Å². The molecular formula is C23H33N5O. The van der Waals surface area contributed by atoms with Gasteiger partial charge in [-0.05, 0) is 31.4 Å². The van der Waals surface area contributed by atoms with E-state index in [2.05, 4.69) is 37.9 Å². The van der Waals surface area contributed by atoms with Gasteiger partial charge in [0.15, 0.2) is 0 Å². The zero-order valence-electron chi connectivity index (χ0n) is 17.4. The number of carbonyl (C=O) groups is 1. The molecule has 5 rings (SSSR count). The summed E-state index contributed by atoms with van der Waals surface area (Å²) in [7, 11) is 0. The Morgan fingerprint density at radius 3 is 2.66 bits per heavy atom. The fourth-order valence-electron chi connectivity index (χ4n) is 5.48. The molecule has 0 radical (unpaired) electrons. The number of para-hydroxylation sites is 2. The van der Waals surface area contributed by atoms with Crippen LogP contribution in [0, 0.1) is 0 Å². The fraction of sp³-hybridized carbons (Fsp3) is 0.652. The Hall–Kier alpha value is -1.92. The van der Waals surface area contributed by atoms with Crippen molar-refractivity contribution in [1.29, 1.82) is 0 Å². The van der Waals surface area contributed by atoms with Gasteiger partial charge in [0.25, 0.3) is 0 Å². The molecule has 1 atom stereocenters. The van der Waals surface area contributed by atoms with Crippen LogP contribution in [0.1, 0.15) is 50.3 Å². The van der Waals surface area contributed by atoms with Crippen molar-refractivity contribution < 1.29 is 4.79 Å². The molecule has 2 aliphatic heterocycles. The molecule has 1 aromatic heterocycles. The van der Waals surface area contributed by atoms with Gasteiger partial charge in [-0.25, -0.2) is 4.98 Å². The van der Waals surface area contributed by atoms with E-state index < -0.39 is 0 Å².